The molecule has 0 bridgehead atoms. The summed E-state index contributed by atoms with van der Waals surface area (Å²) in [6.45, 7) is 3.06. The highest BCUT2D eigenvalue weighted by Crippen LogP contribution is 2.25. The summed E-state index contributed by atoms with van der Waals surface area (Å²) in [7, 11) is 0. The van der Waals surface area contributed by atoms with Crippen LogP contribution < -0.4 is 9.47 Å². The second kappa shape index (κ2) is 19.1. The first kappa shape index (κ1) is 30.5. The topological polar surface area (TPSA) is 35.5 Å². The Morgan fingerprint density at radius 1 is 0.513 bits per heavy atom. The van der Waals surface area contributed by atoms with Crippen LogP contribution in [0.25, 0.3) is 11.1 Å². The van der Waals surface area contributed by atoms with E-state index >= 15 is 0 Å². The second-order valence-electron chi connectivity index (χ2n) is 10.6. The van der Waals surface area contributed by atoms with Crippen LogP contribution in [0, 0.1) is 0 Å². The van der Waals surface area contributed by atoms with Crippen LogP contribution in [-0.4, -0.2) is 12.6 Å². The van der Waals surface area contributed by atoms with Gasteiger partial charge in [0.2, 0.25) is 0 Å². The van der Waals surface area contributed by atoms with Gasteiger partial charge < -0.3 is 9.47 Å². The Morgan fingerprint density at radius 2 is 0.949 bits per heavy atom. The molecular formula is C36H48O3. The molecule has 0 fully saturated rings. The van der Waals surface area contributed by atoms with E-state index in [-0.39, 0.29) is 5.97 Å². The molecule has 0 saturated heterocycles. The number of ether oxygens (including phenoxy) is 2. The maximum atomic E-state index is 12.2. The van der Waals surface area contributed by atoms with Gasteiger partial charge in [-0.1, -0.05) is 139 Å². The van der Waals surface area contributed by atoms with E-state index in [9.17, 15) is 4.79 Å². The van der Waals surface area contributed by atoms with Crippen molar-refractivity contribution in [2.75, 3.05) is 6.61 Å². The van der Waals surface area contributed by atoms with Gasteiger partial charge in [-0.15, -0.1) is 0 Å². The van der Waals surface area contributed by atoms with Crippen molar-refractivity contribution in [3.05, 3.63) is 84.4 Å². The molecule has 3 aromatic carbocycles. The molecule has 0 heterocycles. The molecule has 0 spiro atoms. The van der Waals surface area contributed by atoms with Gasteiger partial charge in [-0.25, -0.2) is 4.79 Å². The molecular weight excluding hydrogens is 480 g/mol. The number of benzene rings is 3. The summed E-state index contributed by atoms with van der Waals surface area (Å²) in [6, 6.07) is 24.9. The fourth-order valence-electron chi connectivity index (χ4n) is 4.86. The summed E-state index contributed by atoms with van der Waals surface area (Å²) in [5.74, 6) is 1.10. The number of carbonyl (C=O) groups is 1. The molecule has 3 rings (SSSR count). The molecule has 0 saturated carbocycles. The average molecular weight is 529 g/mol. The number of rotatable bonds is 20. The van der Waals surface area contributed by atoms with Gasteiger partial charge in [0.25, 0.3) is 0 Å². The zero-order chi connectivity index (χ0) is 27.4. The van der Waals surface area contributed by atoms with Crippen molar-refractivity contribution in [2.24, 2.45) is 0 Å². The maximum Gasteiger partial charge on any atom is 0.343 e. The van der Waals surface area contributed by atoms with Crippen molar-refractivity contribution in [1.82, 2.24) is 0 Å². The van der Waals surface area contributed by atoms with E-state index in [0.29, 0.717) is 11.3 Å². The number of unbranched alkanes of at least 4 members (excludes halogenated alkanes) is 14. The molecule has 0 aromatic heterocycles. The average Bonchev–Trinajstić information content (AvgIpc) is 2.98. The van der Waals surface area contributed by atoms with Crippen molar-refractivity contribution < 1.29 is 14.3 Å². The monoisotopic (exact) mass is 528 g/mol. The molecule has 0 aliphatic carbocycles. The lowest BCUT2D eigenvalue weighted by Gasteiger charge is -2.09. The standard InChI is InChI=1S/C36H48O3/c1-2-3-4-5-6-7-8-9-10-11-12-13-14-15-19-30-38-34-26-22-31(23-27-34)32-24-28-35(29-25-32)39-36(37)33-20-17-16-18-21-33/h16-18,20-29H,2-15,19,30H2,1H3. The second-order valence-corrected chi connectivity index (χ2v) is 10.6. The van der Waals surface area contributed by atoms with Gasteiger partial charge in [-0.05, 0) is 53.9 Å². The van der Waals surface area contributed by atoms with Crippen molar-refractivity contribution in [3.63, 3.8) is 0 Å². The Morgan fingerprint density at radius 3 is 1.44 bits per heavy atom. The third-order valence-electron chi connectivity index (χ3n) is 7.28. The smallest absolute Gasteiger partial charge is 0.343 e. The first-order valence-electron chi connectivity index (χ1n) is 15.4. The van der Waals surface area contributed by atoms with Gasteiger partial charge in [0.15, 0.2) is 0 Å². The molecule has 0 unspecified atom stereocenters. The van der Waals surface area contributed by atoms with E-state index in [0.717, 1.165) is 29.9 Å². The van der Waals surface area contributed by atoms with Gasteiger partial charge in [-0.3, -0.25) is 0 Å². The lowest BCUT2D eigenvalue weighted by atomic mass is 10.0. The highest BCUT2D eigenvalue weighted by Gasteiger charge is 2.08. The van der Waals surface area contributed by atoms with Crippen molar-refractivity contribution in [2.45, 2.75) is 103 Å². The quantitative estimate of drug-likeness (QED) is 0.0831. The fraction of sp³-hybridized carbons (Fsp3) is 0.472. The summed E-state index contributed by atoms with van der Waals surface area (Å²) in [5, 5.41) is 0. The summed E-state index contributed by atoms with van der Waals surface area (Å²) in [6.07, 6.45) is 20.6. The fourth-order valence-corrected chi connectivity index (χ4v) is 4.86. The maximum absolute atomic E-state index is 12.2. The highest BCUT2D eigenvalue weighted by atomic mass is 16.5. The molecule has 210 valence electrons. The van der Waals surface area contributed by atoms with Crippen LogP contribution in [0.3, 0.4) is 0 Å². The van der Waals surface area contributed by atoms with Gasteiger partial charge in [0.05, 0.1) is 12.2 Å². The van der Waals surface area contributed by atoms with Crippen molar-refractivity contribution in [3.8, 4) is 22.6 Å². The van der Waals surface area contributed by atoms with E-state index in [1.165, 1.54) is 89.9 Å². The van der Waals surface area contributed by atoms with Gasteiger partial charge >= 0.3 is 5.97 Å². The van der Waals surface area contributed by atoms with Gasteiger partial charge in [-0.2, -0.15) is 0 Å². The highest BCUT2D eigenvalue weighted by molar-refractivity contribution is 5.91. The Labute approximate surface area is 237 Å². The van der Waals surface area contributed by atoms with Crippen LogP contribution in [0.5, 0.6) is 11.5 Å². The van der Waals surface area contributed by atoms with Gasteiger partial charge in [0.1, 0.15) is 11.5 Å². The molecule has 0 N–H and O–H groups in total. The molecule has 0 atom stereocenters. The molecule has 39 heavy (non-hydrogen) atoms. The van der Waals surface area contributed by atoms with E-state index < -0.39 is 0 Å². The van der Waals surface area contributed by atoms with Crippen molar-refractivity contribution >= 4 is 5.97 Å². The van der Waals surface area contributed by atoms with Crippen LogP contribution in [0.15, 0.2) is 78.9 Å². The number of hydrogen-bond donors (Lipinski definition) is 0. The van der Waals surface area contributed by atoms with Crippen LogP contribution in [-0.2, 0) is 0 Å². The minimum absolute atomic E-state index is 0.348. The molecule has 3 heteroatoms. The first-order valence-corrected chi connectivity index (χ1v) is 15.4. The lowest BCUT2D eigenvalue weighted by Crippen LogP contribution is -2.07. The molecule has 3 aromatic rings. The molecule has 0 aliphatic heterocycles. The zero-order valence-corrected chi connectivity index (χ0v) is 24.0. The Hall–Kier alpha value is -3.07. The van der Waals surface area contributed by atoms with Crippen LogP contribution in [0.4, 0.5) is 0 Å². The molecule has 0 aliphatic rings. The van der Waals surface area contributed by atoms with Crippen LogP contribution >= 0.6 is 0 Å². The zero-order valence-electron chi connectivity index (χ0n) is 24.0. The summed E-state index contributed by atoms with van der Waals surface area (Å²) >= 11 is 0. The minimum Gasteiger partial charge on any atom is -0.494 e. The predicted molar refractivity (Wildman–Crippen MR) is 164 cm³/mol. The minimum atomic E-state index is -0.348. The third kappa shape index (κ3) is 12.6. The summed E-state index contributed by atoms with van der Waals surface area (Å²) < 4.78 is 11.4. The lowest BCUT2D eigenvalue weighted by molar-refractivity contribution is 0.0735. The largest absolute Gasteiger partial charge is 0.494 e. The van der Waals surface area contributed by atoms with Crippen LogP contribution in [0.2, 0.25) is 0 Å². The normalized spacial score (nSPS) is 10.9. The van der Waals surface area contributed by atoms with Crippen molar-refractivity contribution in [1.29, 1.82) is 0 Å². The van der Waals surface area contributed by atoms with Crippen LogP contribution in [0.1, 0.15) is 114 Å². The third-order valence-corrected chi connectivity index (χ3v) is 7.28. The van der Waals surface area contributed by atoms with E-state index in [1.807, 2.05) is 54.6 Å². The van der Waals surface area contributed by atoms with Gasteiger partial charge in [0, 0.05) is 0 Å². The van der Waals surface area contributed by atoms with E-state index in [2.05, 4.69) is 19.1 Å². The van der Waals surface area contributed by atoms with E-state index in [1.54, 1.807) is 12.1 Å². The number of hydrogen-bond acceptors (Lipinski definition) is 3. The summed E-state index contributed by atoms with van der Waals surface area (Å²) in [5.41, 5.74) is 2.72. The number of esters is 1. The Kier molecular flexibility index (Phi) is 14.9. The predicted octanol–water partition coefficient (Wildman–Crippen LogP) is 10.8. The molecule has 0 radical (unpaired) electrons. The molecule has 0 amide bonds. The number of carbonyl (C=O) groups excluding carboxylic acids is 1. The Bertz CT molecular complexity index is 1030. The molecule has 3 nitrogen and oxygen atoms in total. The Balaban J connectivity index is 1.21. The SMILES string of the molecule is CCCCCCCCCCCCCCCCCOc1ccc(-c2ccc(OC(=O)c3ccccc3)cc2)cc1. The first-order chi connectivity index (χ1) is 19.3. The summed E-state index contributed by atoms with van der Waals surface area (Å²) in [4.78, 5) is 12.2. The van der Waals surface area contributed by atoms with E-state index in [4.69, 9.17) is 9.47 Å².